The Labute approximate surface area is 198 Å². The van der Waals surface area contributed by atoms with Crippen molar-refractivity contribution in [2.24, 2.45) is 5.92 Å². The van der Waals surface area contributed by atoms with Gasteiger partial charge in [0.05, 0.1) is 0 Å². The average Bonchev–Trinajstić information content (AvgIpc) is 2.73. The van der Waals surface area contributed by atoms with E-state index in [1.807, 2.05) is 24.3 Å². The van der Waals surface area contributed by atoms with E-state index in [1.165, 1.54) is 49.8 Å². The molecule has 2 fully saturated rings. The van der Waals surface area contributed by atoms with Gasteiger partial charge in [-0.15, -0.1) is 12.4 Å². The first kappa shape index (κ1) is 21.9. The minimum Gasteiger partial charge on any atom is -0.308 e. The summed E-state index contributed by atoms with van der Waals surface area (Å²) in [5.74, 6) is 0.762. The number of nitrogens with one attached hydrogen (secondary N) is 2. The van der Waals surface area contributed by atoms with E-state index >= 15 is 0 Å². The molecule has 1 saturated carbocycles. The molecule has 2 N–H and O–H groups in total. The van der Waals surface area contributed by atoms with Gasteiger partial charge in [0, 0.05) is 26.4 Å². The van der Waals surface area contributed by atoms with Crippen LogP contribution in [0.5, 0.6) is 0 Å². The molecule has 0 aromatic heterocycles. The van der Waals surface area contributed by atoms with E-state index in [2.05, 4.69) is 63.4 Å². The molecule has 2 aliphatic carbocycles. The van der Waals surface area contributed by atoms with Crippen molar-refractivity contribution in [1.82, 2.24) is 4.90 Å². The molecule has 0 spiro atoms. The van der Waals surface area contributed by atoms with Gasteiger partial charge in [0.15, 0.2) is 0 Å². The molecule has 2 aromatic rings. The van der Waals surface area contributed by atoms with Crippen molar-refractivity contribution in [3.8, 4) is 0 Å². The molecule has 1 heterocycles. The van der Waals surface area contributed by atoms with Gasteiger partial charge in [-0.2, -0.15) is 0 Å². The molecule has 0 unspecified atom stereocenters. The van der Waals surface area contributed by atoms with Crippen LogP contribution in [-0.2, 0) is 11.8 Å². The molecule has 5 rings (SSSR count). The quantitative estimate of drug-likeness (QED) is 0.459. The first-order valence-electron chi connectivity index (χ1n) is 10.7. The number of likely N-dealkylation sites (N-methyl/N-ethyl adjacent to an activating group) is 1. The summed E-state index contributed by atoms with van der Waals surface area (Å²) in [5, 5.41) is 6.01. The molecular formula is C24H29ClIN3O. The first-order valence-corrected chi connectivity index (χ1v) is 11.8. The van der Waals surface area contributed by atoms with E-state index < -0.39 is 0 Å². The number of halogens is 2. The Morgan fingerprint density at radius 3 is 2.60 bits per heavy atom. The fraction of sp³-hybridized carbons (Fsp3) is 0.458. The Balaban J connectivity index is 0.00000218. The Hall–Kier alpha value is -1.31. The van der Waals surface area contributed by atoms with Gasteiger partial charge in [-0.25, -0.2) is 4.79 Å². The molecule has 1 saturated heterocycles. The highest BCUT2D eigenvalue weighted by molar-refractivity contribution is 14.1. The van der Waals surface area contributed by atoms with Crippen LogP contribution in [0, 0.1) is 9.49 Å². The summed E-state index contributed by atoms with van der Waals surface area (Å²) < 4.78 is 1.15. The Morgan fingerprint density at radius 2 is 1.80 bits per heavy atom. The van der Waals surface area contributed by atoms with Crippen molar-refractivity contribution in [3.05, 3.63) is 57.2 Å². The second-order valence-electron chi connectivity index (χ2n) is 8.97. The van der Waals surface area contributed by atoms with Crippen molar-refractivity contribution < 1.29 is 4.79 Å². The smallest absolute Gasteiger partial charge is 0.308 e. The van der Waals surface area contributed by atoms with Crippen LogP contribution in [0.25, 0.3) is 0 Å². The van der Waals surface area contributed by atoms with Gasteiger partial charge in [0.25, 0.3) is 0 Å². The minimum atomic E-state index is -0.180. The van der Waals surface area contributed by atoms with Crippen LogP contribution >= 0.6 is 35.0 Å². The predicted molar refractivity (Wildman–Crippen MR) is 134 cm³/mol. The number of carbonyl (C=O) groups is 1. The van der Waals surface area contributed by atoms with Gasteiger partial charge in [-0.05, 0) is 115 Å². The fourth-order valence-electron chi connectivity index (χ4n) is 6.10. The third kappa shape index (κ3) is 3.84. The van der Waals surface area contributed by atoms with Crippen molar-refractivity contribution in [3.63, 3.8) is 0 Å². The summed E-state index contributed by atoms with van der Waals surface area (Å²) in [4.78, 5) is 15.1. The highest BCUT2D eigenvalue weighted by Gasteiger charge is 2.53. The summed E-state index contributed by atoms with van der Waals surface area (Å²) in [7, 11) is 2.30. The number of piperidine rings is 1. The second-order valence-corrected chi connectivity index (χ2v) is 10.2. The number of hydrogen-bond donors (Lipinski definition) is 2. The van der Waals surface area contributed by atoms with Crippen LogP contribution in [0.2, 0.25) is 0 Å². The zero-order chi connectivity index (χ0) is 20.0. The maximum atomic E-state index is 12.5. The van der Waals surface area contributed by atoms with Crippen LogP contribution in [0.4, 0.5) is 16.2 Å². The number of urea groups is 1. The van der Waals surface area contributed by atoms with Crippen LogP contribution in [0.3, 0.4) is 0 Å². The van der Waals surface area contributed by atoms with Crippen molar-refractivity contribution in [2.45, 2.75) is 50.0 Å². The van der Waals surface area contributed by atoms with Gasteiger partial charge in [-0.3, -0.25) is 0 Å². The van der Waals surface area contributed by atoms with Crippen molar-refractivity contribution in [2.75, 3.05) is 24.2 Å². The number of rotatable bonds is 2. The standard InChI is InChI=1S/C24H28IN3O.ClH/c1-28-13-12-24-11-3-2-4-20(24)22(28)14-16-5-8-19(15-21(16)24)27-23(29)26-18-9-6-17(25)7-10-18;/h5-10,15,20,22H,2-4,11-14H2,1H3,(H2,26,27,29);1H/t20-,22+,24+;/m0./s1. The van der Waals surface area contributed by atoms with E-state index in [-0.39, 0.29) is 18.4 Å². The third-order valence-corrected chi connectivity index (χ3v) is 8.19. The van der Waals surface area contributed by atoms with Crippen molar-refractivity contribution in [1.29, 1.82) is 0 Å². The zero-order valence-electron chi connectivity index (χ0n) is 17.3. The molecule has 2 amide bonds. The summed E-state index contributed by atoms with van der Waals surface area (Å²) in [6.45, 7) is 1.19. The number of likely N-dealkylation sites (tertiary alicyclic amines) is 1. The topological polar surface area (TPSA) is 44.4 Å². The van der Waals surface area contributed by atoms with Crippen molar-refractivity contribution >= 4 is 52.4 Å². The molecule has 160 valence electrons. The van der Waals surface area contributed by atoms with Crippen LogP contribution in [0.1, 0.15) is 43.2 Å². The number of amides is 2. The molecule has 3 aliphatic rings. The lowest BCUT2D eigenvalue weighted by molar-refractivity contribution is 0.00290. The maximum absolute atomic E-state index is 12.5. The molecule has 2 bridgehead atoms. The molecule has 4 nitrogen and oxygen atoms in total. The highest BCUT2D eigenvalue weighted by atomic mass is 127. The molecule has 0 radical (unpaired) electrons. The number of carbonyl (C=O) groups excluding carboxylic acids is 1. The monoisotopic (exact) mass is 537 g/mol. The fourth-order valence-corrected chi connectivity index (χ4v) is 6.46. The van der Waals surface area contributed by atoms with E-state index in [1.54, 1.807) is 0 Å². The lowest BCUT2D eigenvalue weighted by atomic mass is 9.52. The van der Waals surface area contributed by atoms with E-state index in [0.717, 1.165) is 27.3 Å². The van der Waals surface area contributed by atoms with E-state index in [0.29, 0.717) is 11.5 Å². The van der Waals surface area contributed by atoms with Gasteiger partial charge in [0.1, 0.15) is 0 Å². The molecule has 2 aromatic carbocycles. The summed E-state index contributed by atoms with van der Waals surface area (Å²) in [6.07, 6.45) is 7.73. The first-order chi connectivity index (χ1) is 14.0. The number of anilines is 2. The number of nitrogens with zero attached hydrogens (tertiary/aromatic N) is 1. The predicted octanol–water partition coefficient (Wildman–Crippen LogP) is 6.05. The van der Waals surface area contributed by atoms with Gasteiger partial charge in [0.2, 0.25) is 0 Å². The Morgan fingerprint density at radius 1 is 1.07 bits per heavy atom. The maximum Gasteiger partial charge on any atom is 0.323 e. The summed E-state index contributed by atoms with van der Waals surface area (Å²) >= 11 is 2.26. The van der Waals surface area contributed by atoms with Gasteiger partial charge < -0.3 is 15.5 Å². The van der Waals surface area contributed by atoms with E-state index in [4.69, 9.17) is 0 Å². The SMILES string of the molecule is CN1CC[C@]23CCCC[C@H]2[C@H]1Cc1ccc(NC(=O)Nc2ccc(I)cc2)cc13.Cl. The summed E-state index contributed by atoms with van der Waals surface area (Å²) in [6, 6.07) is 15.0. The molecule has 1 aliphatic heterocycles. The summed E-state index contributed by atoms with van der Waals surface area (Å²) in [5.41, 5.74) is 5.03. The van der Waals surface area contributed by atoms with Gasteiger partial charge in [-0.1, -0.05) is 18.9 Å². The van der Waals surface area contributed by atoms with E-state index in [9.17, 15) is 4.79 Å². The lowest BCUT2D eigenvalue weighted by Gasteiger charge is -2.58. The molecule has 3 atom stereocenters. The third-order valence-electron chi connectivity index (χ3n) is 7.47. The van der Waals surface area contributed by atoms with Gasteiger partial charge >= 0.3 is 6.03 Å². The molecule has 30 heavy (non-hydrogen) atoms. The normalized spacial score (nSPS) is 27.3. The average molecular weight is 538 g/mol. The minimum absolute atomic E-state index is 0. The second kappa shape index (κ2) is 8.67. The Kier molecular flexibility index (Phi) is 6.33. The number of fused-ring (bicyclic) bond motifs is 1. The number of benzene rings is 2. The highest BCUT2D eigenvalue weighted by Crippen LogP contribution is 2.55. The Bertz CT molecular complexity index is 935. The van der Waals surface area contributed by atoms with Crippen LogP contribution in [-0.4, -0.2) is 30.6 Å². The zero-order valence-corrected chi connectivity index (χ0v) is 20.3. The molecule has 6 heteroatoms. The number of hydrogen-bond acceptors (Lipinski definition) is 2. The van der Waals surface area contributed by atoms with Crippen LogP contribution in [0.15, 0.2) is 42.5 Å². The largest absolute Gasteiger partial charge is 0.323 e. The van der Waals surface area contributed by atoms with Crippen LogP contribution < -0.4 is 10.6 Å². The lowest BCUT2D eigenvalue weighted by Crippen LogP contribution is -2.59. The molecular weight excluding hydrogens is 509 g/mol.